The Labute approximate surface area is 387 Å². The van der Waals surface area contributed by atoms with Gasteiger partial charge in [0, 0.05) is 19.3 Å². The van der Waals surface area contributed by atoms with Gasteiger partial charge in [0.2, 0.25) is 0 Å². The van der Waals surface area contributed by atoms with E-state index < -0.39 is 6.10 Å². The molecule has 0 unspecified atom stereocenters. The minimum atomic E-state index is -0.760. The molecule has 0 aliphatic rings. The lowest BCUT2D eigenvalue weighted by atomic mass is 10.0. The third-order valence-corrected chi connectivity index (χ3v) is 12.8. The fourth-order valence-corrected chi connectivity index (χ4v) is 8.57. The summed E-state index contributed by atoms with van der Waals surface area (Å²) >= 11 is 0. The van der Waals surface area contributed by atoms with Crippen LogP contribution in [-0.2, 0) is 28.6 Å². The quantitative estimate of drug-likeness (QED) is 0.0344. The predicted octanol–water partition coefficient (Wildman–Crippen LogP) is 18.2. The van der Waals surface area contributed by atoms with Gasteiger partial charge in [-0.3, -0.25) is 14.4 Å². The molecule has 0 spiro atoms. The molecule has 0 amide bonds. The van der Waals surface area contributed by atoms with Crippen molar-refractivity contribution in [2.75, 3.05) is 13.2 Å². The number of rotatable bonds is 51. The number of carbonyl (C=O) groups excluding carboxylic acids is 3. The van der Waals surface area contributed by atoms with Crippen LogP contribution in [0.15, 0.2) is 0 Å². The molecule has 0 aromatic heterocycles. The molecule has 0 heterocycles. The molecule has 0 aromatic rings. The maximum absolute atomic E-state index is 12.8. The summed E-state index contributed by atoms with van der Waals surface area (Å²) in [5.41, 5.74) is 0. The molecule has 62 heavy (non-hydrogen) atoms. The van der Waals surface area contributed by atoms with Crippen molar-refractivity contribution in [1.82, 2.24) is 0 Å². The number of unbranched alkanes of at least 4 members (excludes halogenated alkanes) is 38. The summed E-state index contributed by atoms with van der Waals surface area (Å²) in [5.74, 6) is 0.00287. The van der Waals surface area contributed by atoms with E-state index in [-0.39, 0.29) is 31.1 Å². The number of ether oxygens (including phenoxy) is 3. The number of carbonyl (C=O) groups is 3. The second kappa shape index (κ2) is 50.4. The molecule has 0 N–H and O–H groups in total. The molecule has 0 aromatic carbocycles. The Bertz CT molecular complexity index is 933. The minimum absolute atomic E-state index is 0.0627. The van der Waals surface area contributed by atoms with Crippen LogP contribution in [0.4, 0.5) is 0 Å². The highest BCUT2D eigenvalue weighted by Crippen LogP contribution is 2.18. The first-order valence-corrected chi connectivity index (χ1v) is 27.9. The topological polar surface area (TPSA) is 78.9 Å². The van der Waals surface area contributed by atoms with Crippen LogP contribution in [0.2, 0.25) is 0 Å². The van der Waals surface area contributed by atoms with E-state index in [1.165, 1.54) is 212 Å². The van der Waals surface area contributed by atoms with Crippen molar-refractivity contribution in [3.8, 4) is 0 Å². The van der Waals surface area contributed by atoms with Crippen LogP contribution >= 0.6 is 0 Å². The lowest BCUT2D eigenvalue weighted by molar-refractivity contribution is -0.167. The van der Waals surface area contributed by atoms with Crippen LogP contribution in [0, 0.1) is 5.92 Å². The standard InChI is InChI=1S/C56H108O6/c1-5-7-9-11-13-14-15-16-17-18-19-20-23-27-30-33-37-41-45-49-56(59)62-53(50-60-54(57)47-43-39-34-12-10-8-6-2)51-61-55(58)48-44-40-36-32-29-26-24-21-22-25-28-31-35-38-42-46-52(3)4/h52-53H,5-51H2,1-4H3/t53-/m0/s1. The van der Waals surface area contributed by atoms with E-state index in [1.807, 2.05) is 0 Å². The molecule has 1 atom stereocenters. The maximum atomic E-state index is 12.8. The molecule has 0 aliphatic heterocycles. The summed E-state index contributed by atoms with van der Waals surface area (Å²) in [7, 11) is 0. The van der Waals surface area contributed by atoms with Crippen molar-refractivity contribution >= 4 is 17.9 Å². The average molecular weight is 877 g/mol. The Morgan fingerprint density at radius 2 is 0.532 bits per heavy atom. The maximum Gasteiger partial charge on any atom is 0.306 e. The van der Waals surface area contributed by atoms with E-state index in [2.05, 4.69) is 27.7 Å². The van der Waals surface area contributed by atoms with Crippen molar-refractivity contribution in [2.24, 2.45) is 5.92 Å². The molecule has 0 radical (unpaired) electrons. The highest BCUT2D eigenvalue weighted by Gasteiger charge is 2.19. The van der Waals surface area contributed by atoms with Crippen LogP contribution in [0.3, 0.4) is 0 Å². The highest BCUT2D eigenvalue weighted by molar-refractivity contribution is 5.71. The van der Waals surface area contributed by atoms with Gasteiger partial charge in [0.1, 0.15) is 13.2 Å². The third kappa shape index (κ3) is 49.4. The first-order valence-electron chi connectivity index (χ1n) is 27.9. The number of hydrogen-bond donors (Lipinski definition) is 0. The van der Waals surface area contributed by atoms with Gasteiger partial charge >= 0.3 is 17.9 Å². The van der Waals surface area contributed by atoms with Crippen molar-refractivity contribution in [3.63, 3.8) is 0 Å². The summed E-state index contributed by atoms with van der Waals surface area (Å²) in [4.78, 5) is 37.9. The van der Waals surface area contributed by atoms with E-state index in [0.717, 1.165) is 63.7 Å². The van der Waals surface area contributed by atoms with E-state index >= 15 is 0 Å². The fraction of sp³-hybridized carbons (Fsp3) is 0.946. The Balaban J connectivity index is 4.15. The molecule has 6 nitrogen and oxygen atoms in total. The van der Waals surface area contributed by atoms with Gasteiger partial charge in [-0.1, -0.05) is 278 Å². The molecular weight excluding hydrogens is 769 g/mol. The second-order valence-corrected chi connectivity index (χ2v) is 19.7. The SMILES string of the molecule is CCCCCCCCCCCCCCCCCCCCCC(=O)O[C@@H](COC(=O)CCCCCCCCC)COC(=O)CCCCCCCCCCCCCCCCCC(C)C. The largest absolute Gasteiger partial charge is 0.462 e. The van der Waals surface area contributed by atoms with Crippen LogP contribution in [0.1, 0.15) is 317 Å². The lowest BCUT2D eigenvalue weighted by Crippen LogP contribution is -2.30. The fourth-order valence-electron chi connectivity index (χ4n) is 8.57. The van der Waals surface area contributed by atoms with Gasteiger partial charge in [0.25, 0.3) is 0 Å². The smallest absolute Gasteiger partial charge is 0.306 e. The zero-order valence-electron chi connectivity index (χ0n) is 42.3. The molecule has 6 heteroatoms. The first-order chi connectivity index (χ1) is 30.4. The minimum Gasteiger partial charge on any atom is -0.462 e. The normalized spacial score (nSPS) is 12.0. The summed E-state index contributed by atoms with van der Waals surface area (Å²) < 4.78 is 16.8. The van der Waals surface area contributed by atoms with Crippen molar-refractivity contribution in [3.05, 3.63) is 0 Å². The van der Waals surface area contributed by atoms with Gasteiger partial charge in [0.05, 0.1) is 0 Å². The molecular formula is C56H108O6. The monoisotopic (exact) mass is 877 g/mol. The molecule has 0 saturated heterocycles. The second-order valence-electron chi connectivity index (χ2n) is 19.7. The summed E-state index contributed by atoms with van der Waals surface area (Å²) in [6.07, 6.45) is 54.0. The average Bonchev–Trinajstić information content (AvgIpc) is 3.26. The molecule has 0 fully saturated rings. The molecule has 368 valence electrons. The summed E-state index contributed by atoms with van der Waals surface area (Å²) in [5, 5.41) is 0. The first kappa shape index (κ1) is 60.4. The van der Waals surface area contributed by atoms with Crippen LogP contribution in [0.25, 0.3) is 0 Å². The Morgan fingerprint density at radius 3 is 0.790 bits per heavy atom. The molecule has 0 aliphatic carbocycles. The summed E-state index contributed by atoms with van der Waals surface area (Å²) in [6.45, 7) is 9.02. The number of hydrogen-bond acceptors (Lipinski definition) is 6. The van der Waals surface area contributed by atoms with Crippen molar-refractivity contribution in [1.29, 1.82) is 0 Å². The van der Waals surface area contributed by atoms with Gasteiger partial charge in [0.15, 0.2) is 6.10 Å². The van der Waals surface area contributed by atoms with Crippen LogP contribution in [-0.4, -0.2) is 37.2 Å². The van der Waals surface area contributed by atoms with Crippen LogP contribution in [0.5, 0.6) is 0 Å². The zero-order valence-corrected chi connectivity index (χ0v) is 42.3. The third-order valence-electron chi connectivity index (χ3n) is 12.8. The van der Waals surface area contributed by atoms with E-state index in [9.17, 15) is 14.4 Å². The Kier molecular flexibility index (Phi) is 49.1. The predicted molar refractivity (Wildman–Crippen MR) is 266 cm³/mol. The molecule has 0 rings (SSSR count). The van der Waals surface area contributed by atoms with Gasteiger partial charge in [-0.15, -0.1) is 0 Å². The van der Waals surface area contributed by atoms with Crippen LogP contribution < -0.4 is 0 Å². The van der Waals surface area contributed by atoms with Gasteiger partial charge in [-0.25, -0.2) is 0 Å². The molecule has 0 bridgehead atoms. The van der Waals surface area contributed by atoms with E-state index in [4.69, 9.17) is 14.2 Å². The van der Waals surface area contributed by atoms with Gasteiger partial charge < -0.3 is 14.2 Å². The Morgan fingerprint density at radius 1 is 0.306 bits per heavy atom. The molecule has 0 saturated carbocycles. The Hall–Kier alpha value is -1.59. The van der Waals surface area contributed by atoms with Crippen molar-refractivity contribution in [2.45, 2.75) is 323 Å². The van der Waals surface area contributed by atoms with Gasteiger partial charge in [-0.2, -0.15) is 0 Å². The number of esters is 3. The van der Waals surface area contributed by atoms with E-state index in [1.54, 1.807) is 0 Å². The summed E-state index contributed by atoms with van der Waals surface area (Å²) in [6, 6.07) is 0. The highest BCUT2D eigenvalue weighted by atomic mass is 16.6. The van der Waals surface area contributed by atoms with Gasteiger partial charge in [-0.05, 0) is 25.2 Å². The zero-order chi connectivity index (χ0) is 45.2. The lowest BCUT2D eigenvalue weighted by Gasteiger charge is -2.18. The van der Waals surface area contributed by atoms with E-state index in [0.29, 0.717) is 19.3 Å². The van der Waals surface area contributed by atoms with Crippen molar-refractivity contribution < 1.29 is 28.6 Å².